The standard InChI is InChI=1S/C27H26FN5O3S/c1-3-20(30-25(34)16-5-7-21-17(10-16)13-29-32-21)27(36)33-9-8-23-18(14-33)11-24(37-23)26(35)31-22-12-19(28)6-4-15(22)2/h4-7,10-13,20H,3,8-9,14H2,1-2H3,(H,29,32)(H,30,34)(H,31,35)/t20-/m1/s1. The lowest BCUT2D eigenvalue weighted by atomic mass is 10.1. The van der Waals surface area contributed by atoms with E-state index in [4.69, 9.17) is 0 Å². The molecule has 0 saturated heterocycles. The van der Waals surface area contributed by atoms with E-state index in [1.807, 2.05) is 6.92 Å². The molecule has 0 radical (unpaired) electrons. The minimum absolute atomic E-state index is 0.154. The van der Waals surface area contributed by atoms with Gasteiger partial charge < -0.3 is 15.5 Å². The normalized spacial score (nSPS) is 13.8. The monoisotopic (exact) mass is 519 g/mol. The highest BCUT2D eigenvalue weighted by molar-refractivity contribution is 7.14. The SMILES string of the molecule is CC[C@@H](NC(=O)c1ccc2[nH]ncc2c1)C(=O)N1CCc2sc(C(=O)Nc3cc(F)ccc3C)cc2C1. The van der Waals surface area contributed by atoms with Gasteiger partial charge in [0.25, 0.3) is 11.8 Å². The minimum Gasteiger partial charge on any atom is -0.340 e. The summed E-state index contributed by atoms with van der Waals surface area (Å²) < 4.78 is 13.6. The van der Waals surface area contributed by atoms with Gasteiger partial charge in [0.1, 0.15) is 11.9 Å². The number of anilines is 1. The van der Waals surface area contributed by atoms with Crippen LogP contribution in [0.4, 0.5) is 10.1 Å². The van der Waals surface area contributed by atoms with Crippen molar-refractivity contribution in [1.82, 2.24) is 20.4 Å². The van der Waals surface area contributed by atoms with Crippen LogP contribution in [0.3, 0.4) is 0 Å². The minimum atomic E-state index is -0.661. The van der Waals surface area contributed by atoms with Crippen LogP contribution in [0, 0.1) is 12.7 Å². The number of fused-ring (bicyclic) bond motifs is 2. The lowest BCUT2D eigenvalue weighted by Gasteiger charge is -2.30. The number of halogens is 1. The zero-order chi connectivity index (χ0) is 26.1. The Hall–Kier alpha value is -4.05. The maximum atomic E-state index is 13.6. The van der Waals surface area contributed by atoms with Gasteiger partial charge >= 0.3 is 0 Å². The van der Waals surface area contributed by atoms with Crippen LogP contribution in [-0.2, 0) is 17.8 Å². The number of hydrogen-bond donors (Lipinski definition) is 3. The van der Waals surface area contributed by atoms with Gasteiger partial charge in [0, 0.05) is 34.6 Å². The molecule has 190 valence electrons. The highest BCUT2D eigenvalue weighted by Gasteiger charge is 2.29. The molecule has 0 saturated carbocycles. The molecule has 3 N–H and O–H groups in total. The first-order valence-electron chi connectivity index (χ1n) is 12.0. The number of nitrogens with zero attached hydrogens (tertiary/aromatic N) is 2. The second-order valence-corrected chi connectivity index (χ2v) is 10.2. The van der Waals surface area contributed by atoms with Gasteiger partial charge in [0.2, 0.25) is 5.91 Å². The highest BCUT2D eigenvalue weighted by Crippen LogP contribution is 2.30. The molecule has 4 aromatic rings. The van der Waals surface area contributed by atoms with E-state index in [-0.39, 0.29) is 17.7 Å². The number of carbonyl (C=O) groups excluding carboxylic acids is 3. The molecular weight excluding hydrogens is 493 g/mol. The Balaban J connectivity index is 1.25. The van der Waals surface area contributed by atoms with Gasteiger partial charge in [-0.2, -0.15) is 5.10 Å². The van der Waals surface area contributed by atoms with Crippen molar-refractivity contribution in [2.45, 2.75) is 39.3 Å². The zero-order valence-corrected chi connectivity index (χ0v) is 21.2. The number of H-pyrrole nitrogens is 1. The predicted octanol–water partition coefficient (Wildman–Crippen LogP) is 4.42. The number of thiophene rings is 1. The summed E-state index contributed by atoms with van der Waals surface area (Å²) in [6, 6.07) is 10.6. The van der Waals surface area contributed by atoms with E-state index in [0.29, 0.717) is 42.1 Å². The van der Waals surface area contributed by atoms with Gasteiger partial charge in [-0.15, -0.1) is 11.3 Å². The molecule has 37 heavy (non-hydrogen) atoms. The van der Waals surface area contributed by atoms with Crippen LogP contribution in [0.2, 0.25) is 0 Å². The molecule has 1 atom stereocenters. The maximum Gasteiger partial charge on any atom is 0.265 e. The number of carbonyl (C=O) groups is 3. The quantitative estimate of drug-likeness (QED) is 0.351. The number of rotatable bonds is 6. The fourth-order valence-corrected chi connectivity index (χ4v) is 5.49. The third-order valence-corrected chi connectivity index (χ3v) is 7.80. The summed E-state index contributed by atoms with van der Waals surface area (Å²) in [4.78, 5) is 42.3. The van der Waals surface area contributed by atoms with Crippen LogP contribution < -0.4 is 10.6 Å². The molecule has 1 aliphatic heterocycles. The summed E-state index contributed by atoms with van der Waals surface area (Å²) in [7, 11) is 0. The number of benzene rings is 2. The van der Waals surface area contributed by atoms with Crippen LogP contribution in [-0.4, -0.2) is 45.4 Å². The molecule has 8 nitrogen and oxygen atoms in total. The van der Waals surface area contributed by atoms with Crippen molar-refractivity contribution < 1.29 is 18.8 Å². The van der Waals surface area contributed by atoms with E-state index in [2.05, 4.69) is 20.8 Å². The first kappa shape index (κ1) is 24.6. The number of nitrogens with one attached hydrogen (secondary N) is 3. The van der Waals surface area contributed by atoms with Gasteiger partial charge in [-0.3, -0.25) is 19.5 Å². The van der Waals surface area contributed by atoms with E-state index >= 15 is 0 Å². The number of aromatic nitrogens is 2. The Morgan fingerprint density at radius 3 is 2.81 bits per heavy atom. The fraction of sp³-hybridized carbons (Fsp3) is 0.259. The molecule has 3 amide bonds. The van der Waals surface area contributed by atoms with Crippen molar-refractivity contribution in [3.8, 4) is 0 Å². The summed E-state index contributed by atoms with van der Waals surface area (Å²) >= 11 is 1.39. The van der Waals surface area contributed by atoms with Crippen LogP contribution in [0.25, 0.3) is 10.9 Å². The third kappa shape index (κ3) is 5.10. The Morgan fingerprint density at radius 1 is 1.16 bits per heavy atom. The van der Waals surface area contributed by atoms with Gasteiger partial charge in [-0.25, -0.2) is 4.39 Å². The van der Waals surface area contributed by atoms with Crippen molar-refractivity contribution in [3.05, 3.63) is 80.9 Å². The highest BCUT2D eigenvalue weighted by atomic mass is 32.1. The van der Waals surface area contributed by atoms with Crippen LogP contribution >= 0.6 is 11.3 Å². The molecule has 0 spiro atoms. The van der Waals surface area contributed by atoms with E-state index in [1.165, 1.54) is 23.5 Å². The van der Waals surface area contributed by atoms with Crippen molar-refractivity contribution in [2.24, 2.45) is 0 Å². The molecular formula is C27H26FN5O3S. The molecule has 0 unspecified atom stereocenters. The number of amides is 3. The van der Waals surface area contributed by atoms with Crippen LogP contribution in [0.5, 0.6) is 0 Å². The van der Waals surface area contributed by atoms with Crippen molar-refractivity contribution in [2.75, 3.05) is 11.9 Å². The largest absolute Gasteiger partial charge is 0.340 e. The van der Waals surface area contributed by atoms with Crippen molar-refractivity contribution in [3.63, 3.8) is 0 Å². The average molecular weight is 520 g/mol. The molecule has 0 fully saturated rings. The number of hydrogen-bond acceptors (Lipinski definition) is 5. The van der Waals surface area contributed by atoms with Gasteiger partial charge in [0.15, 0.2) is 0 Å². The average Bonchev–Trinajstić information content (AvgIpc) is 3.55. The topological polar surface area (TPSA) is 107 Å². The van der Waals surface area contributed by atoms with Gasteiger partial charge in [-0.1, -0.05) is 13.0 Å². The molecule has 5 rings (SSSR count). The lowest BCUT2D eigenvalue weighted by Crippen LogP contribution is -2.49. The fourth-order valence-electron chi connectivity index (χ4n) is 4.43. The Kier molecular flexibility index (Phi) is 6.75. The second kappa shape index (κ2) is 10.1. The molecule has 0 bridgehead atoms. The molecule has 10 heteroatoms. The second-order valence-electron chi connectivity index (χ2n) is 9.09. The van der Waals surface area contributed by atoms with Gasteiger partial charge in [-0.05, 0) is 67.3 Å². The smallest absolute Gasteiger partial charge is 0.265 e. The predicted molar refractivity (Wildman–Crippen MR) is 140 cm³/mol. The Bertz CT molecular complexity index is 1510. The molecule has 0 aliphatic carbocycles. The Labute approximate surface area is 216 Å². The summed E-state index contributed by atoms with van der Waals surface area (Å²) in [5, 5.41) is 13.3. The van der Waals surface area contributed by atoms with Crippen molar-refractivity contribution in [1.29, 1.82) is 0 Å². The first-order chi connectivity index (χ1) is 17.8. The number of aromatic amines is 1. The van der Waals surface area contributed by atoms with E-state index in [9.17, 15) is 18.8 Å². The van der Waals surface area contributed by atoms with Gasteiger partial charge in [0.05, 0.1) is 16.6 Å². The van der Waals surface area contributed by atoms with Crippen molar-refractivity contribution >= 4 is 45.6 Å². The number of aryl methyl sites for hydroxylation is 1. The van der Waals surface area contributed by atoms with E-state index in [0.717, 1.165) is 26.9 Å². The van der Waals surface area contributed by atoms with Crippen LogP contribution in [0.1, 0.15) is 49.4 Å². The molecule has 2 aromatic heterocycles. The summed E-state index contributed by atoms with van der Waals surface area (Å²) in [5.41, 5.74) is 3.41. The summed E-state index contributed by atoms with van der Waals surface area (Å²) in [5.74, 6) is -1.19. The Morgan fingerprint density at radius 2 is 2.00 bits per heavy atom. The molecule has 3 heterocycles. The zero-order valence-electron chi connectivity index (χ0n) is 20.4. The summed E-state index contributed by atoms with van der Waals surface area (Å²) in [6.45, 7) is 4.53. The maximum absolute atomic E-state index is 13.6. The van der Waals surface area contributed by atoms with Crippen LogP contribution in [0.15, 0.2) is 48.7 Å². The van der Waals surface area contributed by atoms with E-state index < -0.39 is 11.9 Å². The molecule has 1 aliphatic rings. The lowest BCUT2D eigenvalue weighted by molar-refractivity contribution is -0.134. The first-order valence-corrected chi connectivity index (χ1v) is 12.9. The summed E-state index contributed by atoms with van der Waals surface area (Å²) in [6.07, 6.45) is 2.72. The third-order valence-electron chi connectivity index (χ3n) is 6.56. The van der Waals surface area contributed by atoms with E-state index in [1.54, 1.807) is 48.4 Å². The molecule has 2 aromatic carbocycles.